The summed E-state index contributed by atoms with van der Waals surface area (Å²) in [7, 11) is 0. The molecule has 1 heterocycles. The van der Waals surface area contributed by atoms with Gasteiger partial charge in [-0.1, -0.05) is 13.3 Å². The third kappa shape index (κ3) is 2.53. The Bertz CT molecular complexity index is 359. The van der Waals surface area contributed by atoms with Crippen LogP contribution in [0.25, 0.3) is 0 Å². The van der Waals surface area contributed by atoms with E-state index < -0.39 is 0 Å². The first-order valence-corrected chi connectivity index (χ1v) is 5.71. The second-order valence-corrected chi connectivity index (χ2v) is 3.85. The summed E-state index contributed by atoms with van der Waals surface area (Å²) in [6.07, 6.45) is 2.07. The molecule has 1 amide bonds. The smallest absolute Gasteiger partial charge is 0.276 e. The number of aromatic amines is 1. The summed E-state index contributed by atoms with van der Waals surface area (Å²) in [6.45, 7) is 7.32. The van der Waals surface area contributed by atoms with Gasteiger partial charge in [-0.15, -0.1) is 0 Å². The molecule has 16 heavy (non-hydrogen) atoms. The summed E-state index contributed by atoms with van der Waals surface area (Å²) < 4.78 is 0. The van der Waals surface area contributed by atoms with Crippen LogP contribution >= 0.6 is 0 Å². The number of carbonyl (C=O) groups excluding carboxylic acids is 1. The average molecular weight is 224 g/mol. The molecule has 0 saturated heterocycles. The molecule has 0 spiro atoms. The molecular weight excluding hydrogens is 204 g/mol. The molecule has 90 valence electrons. The highest BCUT2D eigenvalue weighted by Crippen LogP contribution is 2.15. The molecule has 1 aromatic heterocycles. The first-order valence-electron chi connectivity index (χ1n) is 5.71. The van der Waals surface area contributed by atoms with Gasteiger partial charge in [-0.25, -0.2) is 0 Å². The van der Waals surface area contributed by atoms with Crippen molar-refractivity contribution in [2.45, 2.75) is 33.6 Å². The summed E-state index contributed by atoms with van der Waals surface area (Å²) in [5, 5.41) is 6.68. The molecular formula is C11H20N4O. The van der Waals surface area contributed by atoms with Crippen molar-refractivity contribution < 1.29 is 4.79 Å². The normalized spacial score (nSPS) is 10.4. The zero-order valence-corrected chi connectivity index (χ0v) is 10.2. The lowest BCUT2D eigenvalue weighted by molar-refractivity contribution is 0.0757. The highest BCUT2D eigenvalue weighted by atomic mass is 16.2. The molecule has 0 fully saturated rings. The first-order chi connectivity index (χ1) is 7.61. The number of nitrogen functional groups attached to an aromatic ring is 1. The van der Waals surface area contributed by atoms with Crippen LogP contribution in [0.5, 0.6) is 0 Å². The fourth-order valence-corrected chi connectivity index (χ4v) is 1.50. The molecule has 1 aromatic rings. The maximum absolute atomic E-state index is 12.1. The van der Waals surface area contributed by atoms with Crippen LogP contribution in [0.4, 0.5) is 5.69 Å². The van der Waals surface area contributed by atoms with Crippen LogP contribution in [0.2, 0.25) is 0 Å². The number of hydrogen-bond acceptors (Lipinski definition) is 3. The van der Waals surface area contributed by atoms with Crippen molar-refractivity contribution >= 4 is 11.6 Å². The number of rotatable bonds is 5. The lowest BCUT2D eigenvalue weighted by Gasteiger charge is -2.19. The number of aromatic nitrogens is 2. The Morgan fingerprint density at radius 2 is 2.19 bits per heavy atom. The molecule has 0 radical (unpaired) electrons. The van der Waals surface area contributed by atoms with Crippen molar-refractivity contribution in [2.75, 3.05) is 18.8 Å². The Hall–Kier alpha value is -1.52. The Labute approximate surface area is 96.0 Å². The van der Waals surface area contributed by atoms with E-state index in [9.17, 15) is 4.79 Å². The number of carbonyl (C=O) groups is 1. The molecule has 0 atom stereocenters. The topological polar surface area (TPSA) is 75.0 Å². The Morgan fingerprint density at radius 1 is 1.50 bits per heavy atom. The number of nitrogens with two attached hydrogens (primary N) is 1. The van der Waals surface area contributed by atoms with Gasteiger partial charge in [0.05, 0.1) is 11.4 Å². The number of hydrogen-bond donors (Lipinski definition) is 2. The van der Waals surface area contributed by atoms with Crippen LogP contribution in [0, 0.1) is 6.92 Å². The van der Waals surface area contributed by atoms with Crippen molar-refractivity contribution in [3.63, 3.8) is 0 Å². The lowest BCUT2D eigenvalue weighted by atomic mass is 10.2. The lowest BCUT2D eigenvalue weighted by Crippen LogP contribution is -2.32. The monoisotopic (exact) mass is 224 g/mol. The van der Waals surface area contributed by atoms with Crippen LogP contribution in [-0.4, -0.2) is 34.1 Å². The van der Waals surface area contributed by atoms with E-state index in [0.717, 1.165) is 25.1 Å². The van der Waals surface area contributed by atoms with E-state index in [1.165, 1.54) is 0 Å². The van der Waals surface area contributed by atoms with Crippen molar-refractivity contribution in [3.8, 4) is 0 Å². The van der Waals surface area contributed by atoms with Crippen molar-refractivity contribution in [3.05, 3.63) is 11.4 Å². The summed E-state index contributed by atoms with van der Waals surface area (Å²) >= 11 is 0. The Morgan fingerprint density at radius 3 is 2.62 bits per heavy atom. The number of unbranched alkanes of at least 4 members (excludes halogenated alkanes) is 1. The van der Waals surface area contributed by atoms with Crippen LogP contribution < -0.4 is 5.73 Å². The maximum Gasteiger partial charge on any atom is 0.276 e. The van der Waals surface area contributed by atoms with Crippen LogP contribution in [0.3, 0.4) is 0 Å². The van der Waals surface area contributed by atoms with Gasteiger partial charge in [0.2, 0.25) is 0 Å². The summed E-state index contributed by atoms with van der Waals surface area (Å²) in [4.78, 5) is 13.9. The van der Waals surface area contributed by atoms with E-state index in [2.05, 4.69) is 17.1 Å². The highest BCUT2D eigenvalue weighted by molar-refractivity contribution is 5.97. The van der Waals surface area contributed by atoms with Gasteiger partial charge in [-0.05, 0) is 20.3 Å². The second kappa shape index (κ2) is 5.53. The standard InChI is InChI=1S/C11H20N4O/c1-4-6-7-15(5-2)11(16)10-9(12)8(3)13-14-10/h4-7,12H2,1-3H3,(H,13,14). The Kier molecular flexibility index (Phi) is 4.34. The maximum atomic E-state index is 12.1. The van der Waals surface area contributed by atoms with Gasteiger partial charge in [0.25, 0.3) is 5.91 Å². The molecule has 1 rings (SSSR count). The quantitative estimate of drug-likeness (QED) is 0.797. The molecule has 0 aromatic carbocycles. The van der Waals surface area contributed by atoms with Crippen LogP contribution in [0.1, 0.15) is 42.9 Å². The molecule has 0 unspecified atom stereocenters. The minimum atomic E-state index is -0.0854. The highest BCUT2D eigenvalue weighted by Gasteiger charge is 2.20. The Balaban J connectivity index is 2.79. The molecule has 0 saturated carbocycles. The number of nitrogens with one attached hydrogen (secondary N) is 1. The third-order valence-electron chi connectivity index (χ3n) is 2.65. The molecule has 5 nitrogen and oxygen atoms in total. The predicted molar refractivity (Wildman–Crippen MR) is 64.2 cm³/mol. The number of anilines is 1. The second-order valence-electron chi connectivity index (χ2n) is 3.85. The van der Waals surface area contributed by atoms with Gasteiger partial charge in [0.15, 0.2) is 5.69 Å². The van der Waals surface area contributed by atoms with Gasteiger partial charge in [-0.3, -0.25) is 9.89 Å². The molecule has 0 aliphatic carbocycles. The zero-order valence-electron chi connectivity index (χ0n) is 10.2. The van der Waals surface area contributed by atoms with E-state index in [-0.39, 0.29) is 5.91 Å². The van der Waals surface area contributed by atoms with E-state index in [1.54, 1.807) is 11.8 Å². The predicted octanol–water partition coefficient (Wildman–Crippen LogP) is 1.56. The fourth-order valence-electron chi connectivity index (χ4n) is 1.50. The SMILES string of the molecule is CCCCN(CC)C(=O)c1n[nH]c(C)c1N. The molecule has 0 aliphatic heterocycles. The largest absolute Gasteiger partial charge is 0.395 e. The van der Waals surface area contributed by atoms with Crippen LogP contribution in [0.15, 0.2) is 0 Å². The van der Waals surface area contributed by atoms with E-state index in [1.807, 2.05) is 6.92 Å². The van der Waals surface area contributed by atoms with E-state index in [4.69, 9.17) is 5.73 Å². The number of H-pyrrole nitrogens is 1. The fraction of sp³-hybridized carbons (Fsp3) is 0.636. The van der Waals surface area contributed by atoms with Gasteiger partial charge < -0.3 is 10.6 Å². The number of nitrogens with zero attached hydrogens (tertiary/aromatic N) is 2. The minimum Gasteiger partial charge on any atom is -0.395 e. The van der Waals surface area contributed by atoms with Gasteiger partial charge in [-0.2, -0.15) is 5.10 Å². The van der Waals surface area contributed by atoms with Crippen LogP contribution in [-0.2, 0) is 0 Å². The number of amides is 1. The zero-order chi connectivity index (χ0) is 12.1. The van der Waals surface area contributed by atoms with Crippen molar-refractivity contribution in [1.29, 1.82) is 0 Å². The number of aryl methyl sites for hydroxylation is 1. The minimum absolute atomic E-state index is 0.0854. The van der Waals surface area contributed by atoms with E-state index >= 15 is 0 Å². The van der Waals surface area contributed by atoms with E-state index in [0.29, 0.717) is 17.9 Å². The molecule has 0 aliphatic rings. The van der Waals surface area contributed by atoms with Gasteiger partial charge in [0.1, 0.15) is 0 Å². The molecule has 0 bridgehead atoms. The van der Waals surface area contributed by atoms with Crippen molar-refractivity contribution in [1.82, 2.24) is 15.1 Å². The molecule has 5 heteroatoms. The molecule has 3 N–H and O–H groups in total. The third-order valence-corrected chi connectivity index (χ3v) is 2.65. The first kappa shape index (κ1) is 12.5. The van der Waals surface area contributed by atoms with Gasteiger partial charge in [0, 0.05) is 13.1 Å². The summed E-state index contributed by atoms with van der Waals surface area (Å²) in [5.74, 6) is -0.0854. The van der Waals surface area contributed by atoms with Crippen molar-refractivity contribution in [2.24, 2.45) is 0 Å². The summed E-state index contributed by atoms with van der Waals surface area (Å²) in [5.41, 5.74) is 7.33. The van der Waals surface area contributed by atoms with Gasteiger partial charge >= 0.3 is 0 Å². The summed E-state index contributed by atoms with van der Waals surface area (Å²) in [6, 6.07) is 0. The average Bonchev–Trinajstić information content (AvgIpc) is 2.60.